The standard InChI is InChI=1S/C9H8Br2N4/c10-6-1-2-7(13-3-6)4-15-5-8(11)9(12)14-15/h1-3,5H,4H2,(H2,12,14). The average molecular weight is 332 g/mol. The molecule has 0 saturated carbocycles. The Balaban J connectivity index is 2.18. The van der Waals surface area contributed by atoms with Gasteiger partial charge in [0.1, 0.15) is 0 Å². The first-order chi connectivity index (χ1) is 7.15. The van der Waals surface area contributed by atoms with Crippen molar-refractivity contribution in [2.24, 2.45) is 0 Å². The van der Waals surface area contributed by atoms with Gasteiger partial charge in [0.15, 0.2) is 5.82 Å². The van der Waals surface area contributed by atoms with Gasteiger partial charge in [0.25, 0.3) is 0 Å². The quantitative estimate of drug-likeness (QED) is 0.919. The smallest absolute Gasteiger partial charge is 0.159 e. The Morgan fingerprint density at radius 2 is 2.13 bits per heavy atom. The van der Waals surface area contributed by atoms with Crippen LogP contribution in [0.5, 0.6) is 0 Å². The van der Waals surface area contributed by atoms with Crippen molar-refractivity contribution in [3.63, 3.8) is 0 Å². The summed E-state index contributed by atoms with van der Waals surface area (Å²) in [6.07, 6.45) is 3.59. The van der Waals surface area contributed by atoms with Crippen molar-refractivity contribution in [1.29, 1.82) is 0 Å². The Morgan fingerprint density at radius 1 is 1.33 bits per heavy atom. The normalized spacial score (nSPS) is 10.5. The van der Waals surface area contributed by atoms with Crippen molar-refractivity contribution in [2.45, 2.75) is 6.54 Å². The molecule has 0 saturated heterocycles. The van der Waals surface area contributed by atoms with Gasteiger partial charge in [0, 0.05) is 16.9 Å². The van der Waals surface area contributed by atoms with E-state index in [0.717, 1.165) is 14.6 Å². The fourth-order valence-electron chi connectivity index (χ4n) is 1.16. The van der Waals surface area contributed by atoms with Gasteiger partial charge in [-0.15, -0.1) is 0 Å². The molecular weight excluding hydrogens is 324 g/mol. The molecule has 2 heterocycles. The van der Waals surface area contributed by atoms with Gasteiger partial charge < -0.3 is 5.73 Å². The minimum atomic E-state index is 0.493. The molecule has 0 aromatic carbocycles. The molecule has 0 spiro atoms. The van der Waals surface area contributed by atoms with Crippen LogP contribution in [0.15, 0.2) is 33.5 Å². The number of nitrogens with zero attached hydrogens (tertiary/aromatic N) is 3. The highest BCUT2D eigenvalue weighted by atomic mass is 79.9. The van der Waals surface area contributed by atoms with Crippen LogP contribution < -0.4 is 5.73 Å². The number of nitrogen functional groups attached to an aromatic ring is 1. The highest BCUT2D eigenvalue weighted by Gasteiger charge is 2.03. The minimum absolute atomic E-state index is 0.493. The van der Waals surface area contributed by atoms with E-state index >= 15 is 0 Å². The van der Waals surface area contributed by atoms with Crippen LogP contribution >= 0.6 is 31.9 Å². The van der Waals surface area contributed by atoms with E-state index in [-0.39, 0.29) is 0 Å². The van der Waals surface area contributed by atoms with E-state index in [0.29, 0.717) is 12.4 Å². The molecule has 0 atom stereocenters. The second kappa shape index (κ2) is 4.32. The first-order valence-electron chi connectivity index (χ1n) is 4.24. The van der Waals surface area contributed by atoms with E-state index < -0.39 is 0 Å². The van der Waals surface area contributed by atoms with Gasteiger partial charge in [-0.25, -0.2) is 0 Å². The van der Waals surface area contributed by atoms with Crippen molar-refractivity contribution in [3.05, 3.63) is 39.2 Å². The fraction of sp³-hybridized carbons (Fsp3) is 0.111. The summed E-state index contributed by atoms with van der Waals surface area (Å²) >= 11 is 6.64. The molecule has 0 aliphatic carbocycles. The summed E-state index contributed by atoms with van der Waals surface area (Å²) < 4.78 is 3.52. The second-order valence-corrected chi connectivity index (χ2v) is 4.80. The summed E-state index contributed by atoms with van der Waals surface area (Å²) in [5.74, 6) is 0.493. The number of aromatic nitrogens is 3. The minimum Gasteiger partial charge on any atom is -0.381 e. The van der Waals surface area contributed by atoms with E-state index in [4.69, 9.17) is 5.73 Å². The predicted octanol–water partition coefficient (Wildman–Crippen LogP) is 2.43. The molecule has 0 unspecified atom stereocenters. The van der Waals surface area contributed by atoms with Gasteiger partial charge in [0.2, 0.25) is 0 Å². The number of halogens is 2. The van der Waals surface area contributed by atoms with Gasteiger partial charge in [-0.3, -0.25) is 9.67 Å². The van der Waals surface area contributed by atoms with Crippen molar-refractivity contribution in [1.82, 2.24) is 14.8 Å². The summed E-state index contributed by atoms with van der Waals surface area (Å²) in [5, 5.41) is 4.12. The largest absolute Gasteiger partial charge is 0.381 e. The molecule has 2 aromatic rings. The maximum atomic E-state index is 5.61. The van der Waals surface area contributed by atoms with E-state index in [2.05, 4.69) is 41.9 Å². The molecule has 0 aliphatic rings. The number of rotatable bonds is 2. The summed E-state index contributed by atoms with van der Waals surface area (Å²) in [6.45, 7) is 0.614. The van der Waals surface area contributed by atoms with Crippen LogP contribution in [0.3, 0.4) is 0 Å². The SMILES string of the molecule is Nc1nn(Cc2ccc(Br)cn2)cc1Br. The van der Waals surface area contributed by atoms with E-state index in [9.17, 15) is 0 Å². The van der Waals surface area contributed by atoms with E-state index in [1.165, 1.54) is 0 Å². The second-order valence-electron chi connectivity index (χ2n) is 3.03. The number of hydrogen-bond acceptors (Lipinski definition) is 3. The van der Waals surface area contributed by atoms with Gasteiger partial charge in [-0.2, -0.15) is 5.10 Å². The highest BCUT2D eigenvalue weighted by molar-refractivity contribution is 9.10. The maximum absolute atomic E-state index is 5.61. The molecule has 0 radical (unpaired) electrons. The summed E-state index contributed by atoms with van der Waals surface area (Å²) in [7, 11) is 0. The number of pyridine rings is 1. The summed E-state index contributed by atoms with van der Waals surface area (Å²) in [5.41, 5.74) is 6.55. The Kier molecular flexibility index (Phi) is 3.06. The first kappa shape index (κ1) is 10.6. The Labute approximate surface area is 104 Å². The van der Waals surface area contributed by atoms with Gasteiger partial charge in [0.05, 0.1) is 16.7 Å². The molecule has 6 heteroatoms. The highest BCUT2D eigenvalue weighted by Crippen LogP contribution is 2.17. The monoisotopic (exact) mass is 330 g/mol. The third kappa shape index (κ3) is 2.57. The van der Waals surface area contributed by atoms with Crippen LogP contribution in [0.25, 0.3) is 0 Å². The van der Waals surface area contributed by atoms with E-state index in [1.54, 1.807) is 10.9 Å². The molecule has 4 nitrogen and oxygen atoms in total. The third-order valence-electron chi connectivity index (χ3n) is 1.86. The van der Waals surface area contributed by atoms with Crippen LogP contribution in [0, 0.1) is 0 Å². The van der Waals surface area contributed by atoms with Crippen molar-refractivity contribution < 1.29 is 0 Å². The zero-order valence-corrected chi connectivity index (χ0v) is 10.9. The molecule has 78 valence electrons. The number of hydrogen-bond donors (Lipinski definition) is 1. The fourth-order valence-corrected chi connectivity index (χ4v) is 1.71. The molecule has 0 fully saturated rings. The molecule has 0 bridgehead atoms. The molecule has 0 aliphatic heterocycles. The Bertz CT molecular complexity index is 444. The lowest BCUT2D eigenvalue weighted by atomic mass is 10.3. The summed E-state index contributed by atoms with van der Waals surface area (Å²) in [4.78, 5) is 4.25. The lowest BCUT2D eigenvalue weighted by Crippen LogP contribution is -2.02. The summed E-state index contributed by atoms with van der Waals surface area (Å²) in [6, 6.07) is 3.89. The van der Waals surface area contributed by atoms with Gasteiger partial charge in [-0.05, 0) is 44.0 Å². The number of anilines is 1. The van der Waals surface area contributed by atoms with Crippen molar-refractivity contribution in [2.75, 3.05) is 5.73 Å². The average Bonchev–Trinajstić information content (AvgIpc) is 2.50. The van der Waals surface area contributed by atoms with E-state index in [1.807, 2.05) is 18.3 Å². The molecule has 2 aromatic heterocycles. The topological polar surface area (TPSA) is 56.7 Å². The molecule has 2 rings (SSSR count). The van der Waals surface area contributed by atoms with Crippen LogP contribution in [-0.4, -0.2) is 14.8 Å². The van der Waals surface area contributed by atoms with Gasteiger partial charge in [-0.1, -0.05) is 0 Å². The Hall–Kier alpha value is -0.880. The van der Waals surface area contributed by atoms with Crippen LogP contribution in [0.4, 0.5) is 5.82 Å². The van der Waals surface area contributed by atoms with Crippen molar-refractivity contribution >= 4 is 37.7 Å². The van der Waals surface area contributed by atoms with Crippen LogP contribution in [0.2, 0.25) is 0 Å². The molecule has 0 amide bonds. The van der Waals surface area contributed by atoms with Crippen molar-refractivity contribution in [3.8, 4) is 0 Å². The molecule has 15 heavy (non-hydrogen) atoms. The third-order valence-corrected chi connectivity index (χ3v) is 2.94. The zero-order chi connectivity index (χ0) is 10.8. The van der Waals surface area contributed by atoms with Gasteiger partial charge >= 0.3 is 0 Å². The lowest BCUT2D eigenvalue weighted by molar-refractivity contribution is 0.675. The van der Waals surface area contributed by atoms with Crippen LogP contribution in [-0.2, 0) is 6.54 Å². The van der Waals surface area contributed by atoms with Crippen LogP contribution in [0.1, 0.15) is 5.69 Å². The zero-order valence-electron chi connectivity index (χ0n) is 7.69. The molecular formula is C9H8Br2N4. The first-order valence-corrected chi connectivity index (χ1v) is 5.82. The number of nitrogens with two attached hydrogens (primary N) is 1. The predicted molar refractivity (Wildman–Crippen MR) is 65.4 cm³/mol. The lowest BCUT2D eigenvalue weighted by Gasteiger charge is -2.00. The molecule has 2 N–H and O–H groups in total. The maximum Gasteiger partial charge on any atom is 0.159 e. The Morgan fingerprint density at radius 3 is 2.67 bits per heavy atom.